The second kappa shape index (κ2) is 7.78. The summed E-state index contributed by atoms with van der Waals surface area (Å²) in [6, 6.07) is 8.41. The molecule has 0 bridgehead atoms. The maximum absolute atomic E-state index is 13.2. The van der Waals surface area contributed by atoms with Gasteiger partial charge >= 0.3 is 0 Å². The number of sulfonamides is 1. The largest absolute Gasteiger partial charge is 0.307 e. The summed E-state index contributed by atoms with van der Waals surface area (Å²) in [5.74, 6) is 0.588. The van der Waals surface area contributed by atoms with Crippen molar-refractivity contribution in [1.82, 2.24) is 9.29 Å². The Balaban J connectivity index is 1.93. The van der Waals surface area contributed by atoms with E-state index in [-0.39, 0.29) is 10.8 Å². The van der Waals surface area contributed by atoms with Crippen molar-refractivity contribution in [3.63, 3.8) is 0 Å². The Morgan fingerprint density at radius 3 is 2.52 bits per heavy atom. The molecule has 2 aromatic rings. The molecule has 1 aliphatic rings. The van der Waals surface area contributed by atoms with Gasteiger partial charge in [0.05, 0.1) is 4.90 Å². The lowest BCUT2D eigenvalue weighted by Gasteiger charge is -2.30. The highest BCUT2D eigenvalue weighted by Crippen LogP contribution is 2.28. The average Bonchev–Trinajstić information content (AvgIpc) is 2.64. The van der Waals surface area contributed by atoms with E-state index in [0.29, 0.717) is 36.0 Å². The van der Waals surface area contributed by atoms with E-state index in [1.807, 2.05) is 6.92 Å². The van der Waals surface area contributed by atoms with Crippen LogP contribution >= 0.6 is 0 Å². The van der Waals surface area contributed by atoms with Gasteiger partial charge in [-0.05, 0) is 68.0 Å². The number of benzene rings is 1. The highest BCUT2D eigenvalue weighted by molar-refractivity contribution is 7.89. The normalized spacial score (nSPS) is 16.3. The molecule has 1 saturated heterocycles. The fourth-order valence-corrected chi connectivity index (χ4v) is 5.01. The first kappa shape index (κ1) is 19.5. The van der Waals surface area contributed by atoms with Gasteiger partial charge in [0.25, 0.3) is 5.91 Å². The number of aromatic nitrogens is 1. The number of hydrogen-bond acceptors (Lipinski definition) is 4. The fraction of sp³-hybridized carbons (Fsp3) is 0.400. The number of rotatable bonds is 4. The summed E-state index contributed by atoms with van der Waals surface area (Å²) in [5, 5.41) is 2.71. The van der Waals surface area contributed by atoms with Crippen molar-refractivity contribution in [3.05, 3.63) is 53.2 Å². The van der Waals surface area contributed by atoms with Crippen LogP contribution in [-0.4, -0.2) is 36.7 Å². The van der Waals surface area contributed by atoms with Gasteiger partial charge in [-0.15, -0.1) is 0 Å². The second-order valence-corrected chi connectivity index (χ2v) is 9.08. The molecule has 0 spiro atoms. The molecule has 27 heavy (non-hydrogen) atoms. The van der Waals surface area contributed by atoms with Crippen LogP contribution < -0.4 is 5.32 Å². The molecule has 144 valence electrons. The number of nitrogens with zero attached hydrogens (tertiary/aromatic N) is 2. The van der Waals surface area contributed by atoms with Gasteiger partial charge in [-0.3, -0.25) is 4.79 Å². The van der Waals surface area contributed by atoms with Crippen molar-refractivity contribution in [1.29, 1.82) is 0 Å². The Kier molecular flexibility index (Phi) is 5.62. The lowest BCUT2D eigenvalue weighted by Crippen LogP contribution is -2.38. The van der Waals surface area contributed by atoms with E-state index in [2.05, 4.69) is 17.2 Å². The zero-order valence-corrected chi connectivity index (χ0v) is 16.7. The SMILES string of the molecule is Cc1cc(C(=O)Nc2ccccn2)cc(S(=O)(=O)N2CCC(C)CC2)c1C. The van der Waals surface area contributed by atoms with Crippen LogP contribution in [0.25, 0.3) is 0 Å². The highest BCUT2D eigenvalue weighted by atomic mass is 32.2. The predicted octanol–water partition coefficient (Wildman–Crippen LogP) is 3.37. The third-order valence-corrected chi connectivity index (χ3v) is 7.17. The van der Waals surface area contributed by atoms with Gasteiger partial charge in [-0.2, -0.15) is 4.31 Å². The fourth-order valence-electron chi connectivity index (χ4n) is 3.22. The van der Waals surface area contributed by atoms with Crippen LogP contribution in [0.4, 0.5) is 5.82 Å². The monoisotopic (exact) mass is 387 g/mol. The molecule has 0 unspecified atom stereocenters. The summed E-state index contributed by atoms with van der Waals surface area (Å²) in [4.78, 5) is 16.9. The number of piperidine rings is 1. The Bertz CT molecular complexity index is 934. The molecule has 2 heterocycles. The molecule has 1 N–H and O–H groups in total. The Morgan fingerprint density at radius 1 is 1.19 bits per heavy atom. The summed E-state index contributed by atoms with van der Waals surface area (Å²) in [7, 11) is -3.63. The smallest absolute Gasteiger partial charge is 0.256 e. The number of anilines is 1. The van der Waals surface area contributed by atoms with Gasteiger partial charge in [-0.25, -0.2) is 13.4 Å². The molecule has 1 amide bonds. The summed E-state index contributed by atoms with van der Waals surface area (Å²) in [6.45, 7) is 6.79. The minimum Gasteiger partial charge on any atom is -0.307 e. The molecule has 1 aromatic carbocycles. The molecule has 0 atom stereocenters. The molecule has 0 saturated carbocycles. The number of aryl methyl sites for hydroxylation is 1. The molecular formula is C20H25N3O3S. The first-order valence-corrected chi connectivity index (χ1v) is 10.6. The molecule has 1 aromatic heterocycles. The van der Waals surface area contributed by atoms with Crippen LogP contribution in [0.5, 0.6) is 0 Å². The predicted molar refractivity (Wildman–Crippen MR) is 105 cm³/mol. The molecule has 0 aliphatic carbocycles. The van der Waals surface area contributed by atoms with E-state index in [1.165, 1.54) is 10.4 Å². The number of hydrogen-bond donors (Lipinski definition) is 1. The van der Waals surface area contributed by atoms with E-state index in [4.69, 9.17) is 0 Å². The van der Waals surface area contributed by atoms with E-state index in [1.54, 1.807) is 37.4 Å². The summed E-state index contributed by atoms with van der Waals surface area (Å²) in [5.41, 5.74) is 1.77. The highest BCUT2D eigenvalue weighted by Gasteiger charge is 2.30. The minimum absolute atomic E-state index is 0.211. The Hall–Kier alpha value is -2.25. The first-order chi connectivity index (χ1) is 12.8. The zero-order valence-electron chi connectivity index (χ0n) is 15.9. The van der Waals surface area contributed by atoms with Crippen LogP contribution in [0.3, 0.4) is 0 Å². The van der Waals surface area contributed by atoms with E-state index in [0.717, 1.165) is 18.4 Å². The van der Waals surface area contributed by atoms with Crippen LogP contribution in [0.2, 0.25) is 0 Å². The van der Waals surface area contributed by atoms with Crippen molar-refractivity contribution in [2.75, 3.05) is 18.4 Å². The number of carbonyl (C=O) groups excluding carboxylic acids is 1. The van der Waals surface area contributed by atoms with Crippen LogP contribution in [0.15, 0.2) is 41.4 Å². The molecule has 7 heteroatoms. The first-order valence-electron chi connectivity index (χ1n) is 9.13. The number of amides is 1. The Labute approximate surface area is 160 Å². The maximum Gasteiger partial charge on any atom is 0.256 e. The lowest BCUT2D eigenvalue weighted by molar-refractivity contribution is 0.102. The molecule has 3 rings (SSSR count). The van der Waals surface area contributed by atoms with Crippen molar-refractivity contribution in [2.24, 2.45) is 5.92 Å². The summed E-state index contributed by atoms with van der Waals surface area (Å²) >= 11 is 0. The van der Waals surface area contributed by atoms with Crippen molar-refractivity contribution in [3.8, 4) is 0 Å². The van der Waals surface area contributed by atoms with Crippen molar-refractivity contribution in [2.45, 2.75) is 38.5 Å². The second-order valence-electron chi connectivity index (χ2n) is 7.17. The van der Waals surface area contributed by atoms with E-state index >= 15 is 0 Å². The van der Waals surface area contributed by atoms with Gasteiger partial charge in [0.2, 0.25) is 10.0 Å². The van der Waals surface area contributed by atoms with Crippen molar-refractivity contribution >= 4 is 21.7 Å². The van der Waals surface area contributed by atoms with Crippen LogP contribution in [-0.2, 0) is 10.0 Å². The Morgan fingerprint density at radius 2 is 1.89 bits per heavy atom. The topological polar surface area (TPSA) is 79.4 Å². The van der Waals surface area contributed by atoms with Crippen LogP contribution in [0, 0.1) is 19.8 Å². The maximum atomic E-state index is 13.2. The summed E-state index contributed by atoms with van der Waals surface area (Å²) in [6.07, 6.45) is 3.30. The third kappa shape index (κ3) is 4.20. The zero-order chi connectivity index (χ0) is 19.6. The van der Waals surface area contributed by atoms with Gasteiger partial charge in [0.1, 0.15) is 5.82 Å². The third-order valence-electron chi connectivity index (χ3n) is 5.15. The van der Waals surface area contributed by atoms with Crippen LogP contribution in [0.1, 0.15) is 41.3 Å². The molecule has 6 nitrogen and oxygen atoms in total. The number of nitrogens with one attached hydrogen (secondary N) is 1. The van der Waals surface area contributed by atoms with Gasteiger partial charge in [0.15, 0.2) is 0 Å². The number of pyridine rings is 1. The quantitative estimate of drug-likeness (QED) is 0.872. The van der Waals surface area contributed by atoms with Crippen molar-refractivity contribution < 1.29 is 13.2 Å². The number of carbonyl (C=O) groups is 1. The molecule has 0 radical (unpaired) electrons. The molecule has 1 fully saturated rings. The lowest BCUT2D eigenvalue weighted by atomic mass is 10.0. The van der Waals surface area contributed by atoms with E-state index in [9.17, 15) is 13.2 Å². The average molecular weight is 388 g/mol. The minimum atomic E-state index is -3.63. The van der Waals surface area contributed by atoms with Gasteiger partial charge in [-0.1, -0.05) is 13.0 Å². The summed E-state index contributed by atoms with van der Waals surface area (Å²) < 4.78 is 27.9. The van der Waals surface area contributed by atoms with Gasteiger partial charge < -0.3 is 5.32 Å². The molecular weight excluding hydrogens is 362 g/mol. The molecule has 1 aliphatic heterocycles. The van der Waals surface area contributed by atoms with E-state index < -0.39 is 10.0 Å². The van der Waals surface area contributed by atoms with Gasteiger partial charge in [0, 0.05) is 24.8 Å². The standard InChI is InChI=1S/C20H25N3O3S/c1-14-7-10-23(11-8-14)27(25,26)18-13-17(12-15(2)16(18)3)20(24)22-19-6-4-5-9-21-19/h4-6,9,12-14H,7-8,10-11H2,1-3H3,(H,21,22,24).